The Morgan fingerprint density at radius 2 is 1.59 bits per heavy atom. The Balaban J connectivity index is 1.97. The molecule has 0 bridgehead atoms. The SMILES string of the molecule is C=CCCCCCCCC=CCC=CCc1cccc(O)c1. The summed E-state index contributed by atoms with van der Waals surface area (Å²) in [6, 6.07) is 7.44. The monoisotopic (exact) mass is 298 g/mol. The van der Waals surface area contributed by atoms with Gasteiger partial charge in [0.1, 0.15) is 5.75 Å². The molecule has 0 spiro atoms. The molecule has 0 fully saturated rings. The molecule has 22 heavy (non-hydrogen) atoms. The van der Waals surface area contributed by atoms with Crippen molar-refractivity contribution >= 4 is 0 Å². The molecule has 0 radical (unpaired) electrons. The second-order valence-electron chi connectivity index (χ2n) is 5.69. The molecule has 0 aromatic heterocycles. The fraction of sp³-hybridized carbons (Fsp3) is 0.429. The maximum absolute atomic E-state index is 9.38. The number of rotatable bonds is 12. The first-order valence-electron chi connectivity index (χ1n) is 8.51. The van der Waals surface area contributed by atoms with E-state index >= 15 is 0 Å². The standard InChI is InChI=1S/C21H30O/c1-2-3-4-5-6-7-8-9-10-11-12-13-14-16-20-17-15-18-21(22)19-20/h2,10-11,13-15,17-19,22H,1,3-9,12,16H2. The van der Waals surface area contributed by atoms with Crippen molar-refractivity contribution in [3.05, 3.63) is 66.8 Å². The van der Waals surface area contributed by atoms with Gasteiger partial charge in [-0.25, -0.2) is 0 Å². The Labute approximate surface area is 136 Å². The number of phenolic OH excluding ortho intramolecular Hbond substituents is 1. The highest BCUT2D eigenvalue weighted by atomic mass is 16.3. The Hall–Kier alpha value is -1.76. The summed E-state index contributed by atoms with van der Waals surface area (Å²) in [5.41, 5.74) is 1.15. The van der Waals surface area contributed by atoms with Crippen molar-refractivity contribution in [3.8, 4) is 5.75 Å². The lowest BCUT2D eigenvalue weighted by Gasteiger charge is -1.98. The van der Waals surface area contributed by atoms with E-state index in [-0.39, 0.29) is 0 Å². The lowest BCUT2D eigenvalue weighted by Crippen LogP contribution is -1.79. The lowest BCUT2D eigenvalue weighted by molar-refractivity contribution is 0.474. The zero-order valence-corrected chi connectivity index (χ0v) is 13.7. The zero-order chi connectivity index (χ0) is 15.9. The van der Waals surface area contributed by atoms with E-state index in [4.69, 9.17) is 0 Å². The van der Waals surface area contributed by atoms with Crippen LogP contribution >= 0.6 is 0 Å². The van der Waals surface area contributed by atoms with Crippen LogP contribution in [0.1, 0.15) is 56.9 Å². The van der Waals surface area contributed by atoms with Gasteiger partial charge in [0.25, 0.3) is 0 Å². The van der Waals surface area contributed by atoms with Crippen molar-refractivity contribution in [2.45, 2.75) is 57.8 Å². The summed E-state index contributed by atoms with van der Waals surface area (Å²) in [6.07, 6.45) is 21.8. The molecule has 1 nitrogen and oxygen atoms in total. The van der Waals surface area contributed by atoms with Crippen molar-refractivity contribution in [2.24, 2.45) is 0 Å². The Bertz CT molecular complexity index is 457. The number of hydrogen-bond acceptors (Lipinski definition) is 1. The van der Waals surface area contributed by atoms with E-state index < -0.39 is 0 Å². The van der Waals surface area contributed by atoms with Crippen molar-refractivity contribution in [3.63, 3.8) is 0 Å². The number of benzene rings is 1. The minimum absolute atomic E-state index is 0.343. The molecule has 0 saturated carbocycles. The third-order valence-corrected chi connectivity index (χ3v) is 3.65. The van der Waals surface area contributed by atoms with E-state index in [0.29, 0.717) is 5.75 Å². The molecule has 1 aromatic rings. The Kier molecular flexibility index (Phi) is 10.8. The average molecular weight is 298 g/mol. The summed E-state index contributed by atoms with van der Waals surface area (Å²) in [7, 11) is 0. The maximum atomic E-state index is 9.38. The maximum Gasteiger partial charge on any atom is 0.115 e. The van der Waals surface area contributed by atoms with Crippen LogP contribution in [0, 0.1) is 0 Å². The van der Waals surface area contributed by atoms with Gasteiger partial charge < -0.3 is 5.11 Å². The molecule has 1 rings (SSSR count). The van der Waals surface area contributed by atoms with Gasteiger partial charge in [0.15, 0.2) is 0 Å². The van der Waals surface area contributed by atoms with Gasteiger partial charge in [0.05, 0.1) is 0 Å². The van der Waals surface area contributed by atoms with Gasteiger partial charge in [-0.1, -0.05) is 61.8 Å². The van der Waals surface area contributed by atoms with Gasteiger partial charge in [-0.05, 0) is 56.2 Å². The van der Waals surface area contributed by atoms with Gasteiger partial charge in [-0.3, -0.25) is 0 Å². The van der Waals surface area contributed by atoms with Crippen LogP contribution < -0.4 is 0 Å². The van der Waals surface area contributed by atoms with Crippen LogP contribution in [-0.2, 0) is 6.42 Å². The molecule has 0 heterocycles. The highest BCUT2D eigenvalue weighted by Gasteiger charge is 1.91. The van der Waals surface area contributed by atoms with E-state index in [9.17, 15) is 5.11 Å². The number of phenols is 1. The molecular weight excluding hydrogens is 268 g/mol. The second-order valence-corrected chi connectivity index (χ2v) is 5.69. The highest BCUT2D eigenvalue weighted by molar-refractivity contribution is 5.28. The summed E-state index contributed by atoms with van der Waals surface area (Å²) in [5, 5.41) is 9.38. The van der Waals surface area contributed by atoms with Crippen LogP contribution in [0.15, 0.2) is 61.2 Å². The topological polar surface area (TPSA) is 20.2 Å². The van der Waals surface area contributed by atoms with Gasteiger partial charge >= 0.3 is 0 Å². The number of aromatic hydroxyl groups is 1. The first-order valence-corrected chi connectivity index (χ1v) is 8.51. The van der Waals surface area contributed by atoms with Crippen LogP contribution in [0.5, 0.6) is 5.75 Å². The van der Waals surface area contributed by atoms with Gasteiger partial charge in [-0.2, -0.15) is 0 Å². The highest BCUT2D eigenvalue weighted by Crippen LogP contribution is 2.11. The van der Waals surface area contributed by atoms with E-state index in [1.54, 1.807) is 6.07 Å². The smallest absolute Gasteiger partial charge is 0.115 e. The molecule has 0 saturated heterocycles. The van der Waals surface area contributed by atoms with Gasteiger partial charge in [0, 0.05) is 0 Å². The molecule has 1 N–H and O–H groups in total. The molecular formula is C21H30O. The number of allylic oxidation sites excluding steroid dienone is 5. The van der Waals surface area contributed by atoms with Crippen molar-refractivity contribution in [1.29, 1.82) is 0 Å². The Morgan fingerprint density at radius 1 is 0.864 bits per heavy atom. The summed E-state index contributed by atoms with van der Waals surface area (Å²) >= 11 is 0. The summed E-state index contributed by atoms with van der Waals surface area (Å²) in [5.74, 6) is 0.343. The summed E-state index contributed by atoms with van der Waals surface area (Å²) < 4.78 is 0. The minimum Gasteiger partial charge on any atom is -0.508 e. The average Bonchev–Trinajstić information content (AvgIpc) is 2.52. The van der Waals surface area contributed by atoms with E-state index in [1.807, 2.05) is 24.3 Å². The molecule has 0 atom stereocenters. The molecule has 1 heteroatoms. The molecule has 0 aliphatic rings. The van der Waals surface area contributed by atoms with Crippen LogP contribution in [-0.4, -0.2) is 5.11 Å². The third kappa shape index (κ3) is 10.0. The minimum atomic E-state index is 0.343. The molecule has 1 aromatic carbocycles. The van der Waals surface area contributed by atoms with E-state index in [1.165, 1.54) is 38.5 Å². The molecule has 0 aliphatic carbocycles. The molecule has 0 aliphatic heterocycles. The quantitative estimate of drug-likeness (QED) is 0.352. The summed E-state index contributed by atoms with van der Waals surface area (Å²) in [4.78, 5) is 0. The van der Waals surface area contributed by atoms with Gasteiger partial charge in [0.2, 0.25) is 0 Å². The van der Waals surface area contributed by atoms with Gasteiger partial charge in [-0.15, -0.1) is 6.58 Å². The lowest BCUT2D eigenvalue weighted by atomic mass is 10.1. The van der Waals surface area contributed by atoms with E-state index in [0.717, 1.165) is 24.8 Å². The fourth-order valence-corrected chi connectivity index (χ4v) is 2.37. The third-order valence-electron chi connectivity index (χ3n) is 3.65. The molecule has 120 valence electrons. The second kappa shape index (κ2) is 12.9. The number of unbranched alkanes of at least 4 members (excludes halogenated alkanes) is 6. The van der Waals surface area contributed by atoms with Crippen molar-refractivity contribution < 1.29 is 5.11 Å². The van der Waals surface area contributed by atoms with Crippen LogP contribution in [0.3, 0.4) is 0 Å². The zero-order valence-electron chi connectivity index (χ0n) is 13.7. The van der Waals surface area contributed by atoms with Crippen LogP contribution in [0.4, 0.5) is 0 Å². The van der Waals surface area contributed by atoms with Crippen molar-refractivity contribution in [1.82, 2.24) is 0 Å². The number of hydrogen-bond donors (Lipinski definition) is 1. The predicted octanol–water partition coefficient (Wildman–Crippen LogP) is 6.35. The summed E-state index contributed by atoms with van der Waals surface area (Å²) in [6.45, 7) is 3.74. The van der Waals surface area contributed by atoms with Crippen LogP contribution in [0.2, 0.25) is 0 Å². The Morgan fingerprint density at radius 3 is 2.36 bits per heavy atom. The first-order chi connectivity index (χ1) is 10.8. The predicted molar refractivity (Wildman–Crippen MR) is 97.2 cm³/mol. The van der Waals surface area contributed by atoms with Crippen LogP contribution in [0.25, 0.3) is 0 Å². The molecule has 0 amide bonds. The van der Waals surface area contributed by atoms with Crippen molar-refractivity contribution in [2.75, 3.05) is 0 Å². The molecule has 0 unspecified atom stereocenters. The largest absolute Gasteiger partial charge is 0.508 e. The normalized spacial score (nSPS) is 11.5. The fourth-order valence-electron chi connectivity index (χ4n) is 2.37. The first kappa shape index (κ1) is 18.3. The van der Waals surface area contributed by atoms with E-state index in [2.05, 4.69) is 30.9 Å².